The van der Waals surface area contributed by atoms with Crippen LogP contribution in [0.15, 0.2) is 4.99 Å². The van der Waals surface area contributed by atoms with Crippen LogP contribution < -0.4 is 5.11 Å². The van der Waals surface area contributed by atoms with Gasteiger partial charge in [-0.2, -0.15) is 0 Å². The Morgan fingerprint density at radius 3 is 2.67 bits per heavy atom. The average molecular weight is 169 g/mol. The molecule has 70 valence electrons. The summed E-state index contributed by atoms with van der Waals surface area (Å²) in [6, 6.07) is -0.0669. The Morgan fingerprint density at radius 1 is 1.50 bits per heavy atom. The molecular formula is C9H17N2O-. The minimum atomic E-state index is -0.0669. The topological polar surface area (TPSA) is 38.7 Å². The molecule has 0 atom stereocenters. The fraction of sp³-hybridized carbons (Fsp3) is 0.889. The van der Waals surface area contributed by atoms with Crippen molar-refractivity contribution in [2.45, 2.75) is 26.7 Å². The van der Waals surface area contributed by atoms with E-state index < -0.39 is 0 Å². The average Bonchev–Trinajstić information content (AvgIpc) is 2.01. The molecule has 1 fully saturated rings. The number of hydrogen-bond acceptors (Lipinski definition) is 2. The van der Waals surface area contributed by atoms with Gasteiger partial charge >= 0.3 is 0 Å². The number of hydrogen-bond donors (Lipinski definition) is 0. The highest BCUT2D eigenvalue weighted by molar-refractivity contribution is 5.69. The number of rotatable bonds is 0. The van der Waals surface area contributed by atoms with Crippen molar-refractivity contribution in [3.8, 4) is 0 Å². The molecule has 0 aromatic rings. The Bertz CT molecular complexity index is 187. The predicted octanol–water partition coefficient (Wildman–Crippen LogP) is 0.454. The van der Waals surface area contributed by atoms with Crippen LogP contribution in [0.2, 0.25) is 0 Å². The smallest absolute Gasteiger partial charge is 0.0495 e. The SMILES string of the molecule is CN=C([O-])N1CCCC(C)(C)C1. The van der Waals surface area contributed by atoms with Crippen molar-refractivity contribution >= 4 is 6.02 Å². The maximum absolute atomic E-state index is 11.2. The minimum Gasteiger partial charge on any atom is -0.846 e. The molecule has 0 aromatic carbocycles. The molecule has 0 aliphatic carbocycles. The molecule has 0 spiro atoms. The molecule has 3 nitrogen and oxygen atoms in total. The molecule has 0 bridgehead atoms. The maximum Gasteiger partial charge on any atom is 0.0495 e. The molecule has 0 N–H and O–H groups in total. The lowest BCUT2D eigenvalue weighted by Gasteiger charge is -2.41. The lowest BCUT2D eigenvalue weighted by Crippen LogP contribution is -2.48. The summed E-state index contributed by atoms with van der Waals surface area (Å²) in [5.41, 5.74) is 0.276. The van der Waals surface area contributed by atoms with E-state index in [2.05, 4.69) is 18.8 Å². The molecule has 0 amide bonds. The summed E-state index contributed by atoms with van der Waals surface area (Å²) in [7, 11) is 1.56. The monoisotopic (exact) mass is 169 g/mol. The quantitative estimate of drug-likeness (QED) is 0.390. The van der Waals surface area contributed by atoms with E-state index in [1.807, 2.05) is 4.90 Å². The first kappa shape index (κ1) is 9.36. The molecule has 1 aliphatic rings. The summed E-state index contributed by atoms with van der Waals surface area (Å²) in [5.74, 6) is 0. The molecular weight excluding hydrogens is 152 g/mol. The molecule has 1 heterocycles. The third-order valence-corrected chi connectivity index (χ3v) is 2.36. The van der Waals surface area contributed by atoms with Crippen LogP contribution in [0, 0.1) is 5.41 Å². The number of likely N-dealkylation sites (tertiary alicyclic amines) is 1. The van der Waals surface area contributed by atoms with Crippen molar-refractivity contribution < 1.29 is 5.11 Å². The van der Waals surface area contributed by atoms with Crippen molar-refractivity contribution in [3.63, 3.8) is 0 Å². The lowest BCUT2D eigenvalue weighted by atomic mass is 9.84. The van der Waals surface area contributed by atoms with Crippen molar-refractivity contribution in [2.24, 2.45) is 10.4 Å². The van der Waals surface area contributed by atoms with Crippen LogP contribution in [0.5, 0.6) is 0 Å². The van der Waals surface area contributed by atoms with Crippen molar-refractivity contribution in [3.05, 3.63) is 0 Å². The third-order valence-electron chi connectivity index (χ3n) is 2.36. The Balaban J connectivity index is 2.58. The van der Waals surface area contributed by atoms with Gasteiger partial charge in [0.2, 0.25) is 0 Å². The molecule has 1 aliphatic heterocycles. The first-order valence-electron chi connectivity index (χ1n) is 4.44. The highest BCUT2D eigenvalue weighted by Crippen LogP contribution is 2.27. The number of aliphatic imine (C=N–C) groups is 1. The Labute approximate surface area is 74.1 Å². The molecule has 1 rings (SSSR count). The standard InChI is InChI=1S/C9H18N2O/c1-9(2)5-4-6-11(7-9)8(12)10-3/h4-7H2,1-3H3,(H,10,12)/p-1. The van der Waals surface area contributed by atoms with Crippen LogP contribution in [0.3, 0.4) is 0 Å². The van der Waals surface area contributed by atoms with E-state index in [4.69, 9.17) is 0 Å². The van der Waals surface area contributed by atoms with Crippen LogP contribution in [0.25, 0.3) is 0 Å². The molecule has 1 saturated heterocycles. The van der Waals surface area contributed by atoms with Gasteiger partial charge in [0.1, 0.15) is 0 Å². The number of piperidine rings is 1. The number of nitrogens with zero attached hydrogens (tertiary/aromatic N) is 2. The normalized spacial score (nSPS) is 24.2. The second-order valence-electron chi connectivity index (χ2n) is 4.20. The van der Waals surface area contributed by atoms with Crippen molar-refractivity contribution in [1.82, 2.24) is 4.90 Å². The molecule has 0 unspecified atom stereocenters. The van der Waals surface area contributed by atoms with Crippen LogP contribution in [0.1, 0.15) is 26.7 Å². The molecule has 12 heavy (non-hydrogen) atoms. The summed E-state index contributed by atoms with van der Waals surface area (Å²) in [6.45, 7) is 6.12. The summed E-state index contributed by atoms with van der Waals surface area (Å²) < 4.78 is 0. The van der Waals surface area contributed by atoms with Gasteiger partial charge in [-0.25, -0.2) is 0 Å². The van der Waals surface area contributed by atoms with E-state index in [9.17, 15) is 5.11 Å². The summed E-state index contributed by atoms with van der Waals surface area (Å²) in [5, 5.41) is 11.2. The van der Waals surface area contributed by atoms with Gasteiger partial charge in [0, 0.05) is 26.2 Å². The zero-order chi connectivity index (χ0) is 9.19. The molecule has 0 radical (unpaired) electrons. The van der Waals surface area contributed by atoms with E-state index in [0.717, 1.165) is 19.5 Å². The van der Waals surface area contributed by atoms with Gasteiger partial charge in [0.25, 0.3) is 0 Å². The predicted molar refractivity (Wildman–Crippen MR) is 47.9 cm³/mol. The third kappa shape index (κ3) is 2.13. The molecule has 3 heteroatoms. The first-order valence-corrected chi connectivity index (χ1v) is 4.44. The van der Waals surface area contributed by atoms with Gasteiger partial charge in [-0.1, -0.05) is 13.8 Å². The van der Waals surface area contributed by atoms with Crippen LogP contribution in [-0.4, -0.2) is 31.1 Å². The van der Waals surface area contributed by atoms with Gasteiger partial charge in [0.15, 0.2) is 0 Å². The van der Waals surface area contributed by atoms with Gasteiger partial charge in [-0.3, -0.25) is 4.99 Å². The maximum atomic E-state index is 11.2. The fourth-order valence-electron chi connectivity index (χ4n) is 1.73. The summed E-state index contributed by atoms with van der Waals surface area (Å²) in [4.78, 5) is 5.50. The van der Waals surface area contributed by atoms with E-state index >= 15 is 0 Å². The number of amidine groups is 1. The van der Waals surface area contributed by atoms with Gasteiger partial charge < -0.3 is 10.0 Å². The Hall–Kier alpha value is -0.730. The molecule has 0 aromatic heterocycles. The Kier molecular flexibility index (Phi) is 2.60. The fourth-order valence-corrected chi connectivity index (χ4v) is 1.73. The van der Waals surface area contributed by atoms with Gasteiger partial charge in [0.05, 0.1) is 0 Å². The highest BCUT2D eigenvalue weighted by Gasteiger charge is 2.25. The van der Waals surface area contributed by atoms with Gasteiger partial charge in [-0.05, 0) is 18.3 Å². The van der Waals surface area contributed by atoms with E-state index in [-0.39, 0.29) is 11.4 Å². The molecule has 0 saturated carbocycles. The van der Waals surface area contributed by atoms with Crippen molar-refractivity contribution in [2.75, 3.05) is 20.1 Å². The zero-order valence-electron chi connectivity index (χ0n) is 8.13. The summed E-state index contributed by atoms with van der Waals surface area (Å²) in [6.07, 6.45) is 2.31. The van der Waals surface area contributed by atoms with E-state index in [0.29, 0.717) is 0 Å². The largest absolute Gasteiger partial charge is 0.846 e. The van der Waals surface area contributed by atoms with E-state index in [1.54, 1.807) is 7.05 Å². The first-order chi connectivity index (χ1) is 5.55. The van der Waals surface area contributed by atoms with Crippen LogP contribution in [0.4, 0.5) is 0 Å². The van der Waals surface area contributed by atoms with E-state index in [1.165, 1.54) is 6.42 Å². The highest BCUT2D eigenvalue weighted by atomic mass is 16.3. The van der Waals surface area contributed by atoms with Crippen molar-refractivity contribution in [1.29, 1.82) is 0 Å². The lowest BCUT2D eigenvalue weighted by molar-refractivity contribution is -0.237. The zero-order valence-corrected chi connectivity index (χ0v) is 8.13. The second-order valence-corrected chi connectivity index (χ2v) is 4.20. The van der Waals surface area contributed by atoms with Crippen LogP contribution >= 0.6 is 0 Å². The van der Waals surface area contributed by atoms with Crippen LogP contribution in [-0.2, 0) is 0 Å². The minimum absolute atomic E-state index is 0.0669. The second kappa shape index (κ2) is 3.33. The van der Waals surface area contributed by atoms with Gasteiger partial charge in [-0.15, -0.1) is 0 Å². The Morgan fingerprint density at radius 2 is 2.17 bits per heavy atom. The summed E-state index contributed by atoms with van der Waals surface area (Å²) >= 11 is 0.